The van der Waals surface area contributed by atoms with Gasteiger partial charge in [-0.25, -0.2) is 4.98 Å². The minimum absolute atomic E-state index is 0.0351. The van der Waals surface area contributed by atoms with Gasteiger partial charge in [0, 0.05) is 43.8 Å². The highest BCUT2D eigenvalue weighted by atomic mass is 32.1. The topological polar surface area (TPSA) is 101 Å². The van der Waals surface area contributed by atoms with E-state index < -0.39 is 6.04 Å². The molecule has 0 bridgehead atoms. The molecule has 1 atom stereocenters. The number of amides is 3. The van der Waals surface area contributed by atoms with Crippen LogP contribution in [0.4, 0.5) is 10.8 Å². The zero-order valence-corrected chi connectivity index (χ0v) is 20.9. The molecule has 1 heterocycles. The number of rotatable bonds is 11. The minimum Gasteiger partial charge on any atom is -0.383 e. The van der Waals surface area contributed by atoms with Crippen molar-refractivity contribution in [2.45, 2.75) is 32.7 Å². The second-order valence-electron chi connectivity index (χ2n) is 8.09. The van der Waals surface area contributed by atoms with Gasteiger partial charge in [-0.15, -0.1) is 11.3 Å². The third-order valence-corrected chi connectivity index (χ3v) is 5.99. The fraction of sp³-hybridized carbons (Fsp3) is 0.308. The first-order chi connectivity index (χ1) is 16.9. The summed E-state index contributed by atoms with van der Waals surface area (Å²) >= 11 is 1.31. The Labute approximate surface area is 209 Å². The lowest BCUT2D eigenvalue weighted by atomic mass is 10.0. The van der Waals surface area contributed by atoms with E-state index in [0.717, 1.165) is 11.1 Å². The molecular weight excluding hydrogens is 464 g/mol. The molecule has 184 valence electrons. The highest BCUT2D eigenvalue weighted by molar-refractivity contribution is 7.13. The second-order valence-corrected chi connectivity index (χ2v) is 8.98. The summed E-state index contributed by atoms with van der Waals surface area (Å²) in [5.41, 5.74) is 3.25. The van der Waals surface area contributed by atoms with E-state index in [0.29, 0.717) is 29.5 Å². The summed E-state index contributed by atoms with van der Waals surface area (Å²) in [6.45, 7) is 4.54. The zero-order valence-electron chi connectivity index (χ0n) is 20.1. The maximum atomic E-state index is 13.6. The van der Waals surface area contributed by atoms with E-state index >= 15 is 0 Å². The van der Waals surface area contributed by atoms with Crippen molar-refractivity contribution < 1.29 is 19.1 Å². The number of nitrogens with zero attached hydrogens (tertiary/aromatic N) is 2. The quantitative estimate of drug-likeness (QED) is 0.392. The van der Waals surface area contributed by atoms with E-state index in [1.807, 2.05) is 56.3 Å². The molecule has 3 aromatic rings. The number of methoxy groups -OCH3 is 1. The maximum absolute atomic E-state index is 13.6. The van der Waals surface area contributed by atoms with Crippen molar-refractivity contribution in [1.82, 2.24) is 10.3 Å². The number of thiazole rings is 1. The maximum Gasteiger partial charge on any atom is 0.247 e. The van der Waals surface area contributed by atoms with E-state index in [2.05, 4.69) is 15.6 Å². The molecule has 2 aromatic carbocycles. The van der Waals surface area contributed by atoms with Crippen LogP contribution in [0.2, 0.25) is 0 Å². The van der Waals surface area contributed by atoms with E-state index in [9.17, 15) is 14.4 Å². The molecule has 0 aliphatic heterocycles. The van der Waals surface area contributed by atoms with Gasteiger partial charge in [0.1, 0.15) is 6.04 Å². The Kier molecular flexibility index (Phi) is 9.51. The summed E-state index contributed by atoms with van der Waals surface area (Å²) in [5.74, 6) is -0.973. The molecule has 1 unspecified atom stereocenters. The fourth-order valence-corrected chi connectivity index (χ4v) is 4.11. The minimum atomic E-state index is -0.913. The number of benzene rings is 2. The lowest BCUT2D eigenvalue weighted by Gasteiger charge is -2.32. The van der Waals surface area contributed by atoms with Gasteiger partial charge in [0.15, 0.2) is 5.13 Å². The van der Waals surface area contributed by atoms with Crippen molar-refractivity contribution in [2.24, 2.45) is 0 Å². The van der Waals surface area contributed by atoms with Gasteiger partial charge >= 0.3 is 0 Å². The summed E-state index contributed by atoms with van der Waals surface area (Å²) in [7, 11) is 1.56. The average Bonchev–Trinajstić information content (AvgIpc) is 3.35. The average molecular weight is 495 g/mol. The molecule has 0 fully saturated rings. The molecule has 0 saturated heterocycles. The van der Waals surface area contributed by atoms with E-state index in [1.54, 1.807) is 24.8 Å². The molecule has 0 radical (unpaired) electrons. The highest BCUT2D eigenvalue weighted by Gasteiger charge is 2.32. The molecular formula is C26H30N4O4S. The molecule has 0 aliphatic carbocycles. The Morgan fingerprint density at radius 3 is 2.49 bits per heavy atom. The van der Waals surface area contributed by atoms with Crippen LogP contribution in [0.1, 0.15) is 35.6 Å². The number of hydrogen-bond donors (Lipinski definition) is 2. The van der Waals surface area contributed by atoms with Gasteiger partial charge in [0.05, 0.1) is 6.61 Å². The van der Waals surface area contributed by atoms with Crippen LogP contribution in [-0.4, -0.2) is 43.0 Å². The van der Waals surface area contributed by atoms with Crippen LogP contribution < -0.4 is 15.5 Å². The summed E-state index contributed by atoms with van der Waals surface area (Å²) in [5, 5.41) is 7.80. The third kappa shape index (κ3) is 7.46. The van der Waals surface area contributed by atoms with Crippen LogP contribution >= 0.6 is 11.3 Å². The van der Waals surface area contributed by atoms with Crippen molar-refractivity contribution >= 4 is 39.9 Å². The molecule has 2 N–H and O–H groups in total. The highest BCUT2D eigenvalue weighted by Crippen LogP contribution is 2.30. The summed E-state index contributed by atoms with van der Waals surface area (Å²) in [4.78, 5) is 44.9. The van der Waals surface area contributed by atoms with Crippen LogP contribution in [-0.2, 0) is 19.1 Å². The van der Waals surface area contributed by atoms with Crippen molar-refractivity contribution in [2.75, 3.05) is 30.5 Å². The van der Waals surface area contributed by atoms with Crippen molar-refractivity contribution in [3.63, 3.8) is 0 Å². The van der Waals surface area contributed by atoms with Gasteiger partial charge in [0.25, 0.3) is 0 Å². The number of nitrogens with one attached hydrogen (secondary N) is 2. The van der Waals surface area contributed by atoms with Crippen LogP contribution in [0, 0.1) is 13.8 Å². The van der Waals surface area contributed by atoms with Gasteiger partial charge in [-0.2, -0.15) is 0 Å². The largest absolute Gasteiger partial charge is 0.383 e. The molecule has 35 heavy (non-hydrogen) atoms. The molecule has 0 aliphatic rings. The molecule has 0 spiro atoms. The Morgan fingerprint density at radius 2 is 1.83 bits per heavy atom. The molecule has 1 aromatic heterocycles. The molecule has 0 saturated carbocycles. The summed E-state index contributed by atoms with van der Waals surface area (Å²) in [6.07, 6.45) is 1.49. The summed E-state index contributed by atoms with van der Waals surface area (Å²) in [6, 6.07) is 14.0. The SMILES string of the molecule is COCCNC(=O)C(c1ccc(C)cc1)N(C(=O)CCC(=O)Nc1nccs1)c1cccc(C)c1. The smallest absolute Gasteiger partial charge is 0.247 e. The second kappa shape index (κ2) is 12.8. The lowest BCUT2D eigenvalue weighted by molar-refractivity contribution is -0.127. The molecule has 8 nitrogen and oxygen atoms in total. The molecule has 3 rings (SSSR count). The van der Waals surface area contributed by atoms with Gasteiger partial charge in [-0.05, 0) is 37.1 Å². The Bertz CT molecular complexity index is 1130. The normalized spacial score (nSPS) is 11.5. The van der Waals surface area contributed by atoms with Crippen LogP contribution in [0.3, 0.4) is 0 Å². The first kappa shape index (κ1) is 26.1. The van der Waals surface area contributed by atoms with Crippen molar-refractivity contribution in [3.05, 3.63) is 76.8 Å². The Morgan fingerprint density at radius 1 is 1.06 bits per heavy atom. The number of ether oxygens (including phenoxy) is 1. The monoisotopic (exact) mass is 494 g/mol. The number of hydrogen-bond acceptors (Lipinski definition) is 6. The molecule has 3 amide bonds. The van der Waals surface area contributed by atoms with Gasteiger partial charge < -0.3 is 15.4 Å². The lowest BCUT2D eigenvalue weighted by Crippen LogP contribution is -2.45. The zero-order chi connectivity index (χ0) is 25.2. The van der Waals surface area contributed by atoms with Crippen LogP contribution in [0.15, 0.2) is 60.1 Å². The number of carbonyl (C=O) groups excluding carboxylic acids is 3. The Hall–Kier alpha value is -3.56. The Balaban J connectivity index is 1.91. The number of aryl methyl sites for hydroxylation is 2. The van der Waals surface area contributed by atoms with Gasteiger partial charge in [0.2, 0.25) is 17.7 Å². The van der Waals surface area contributed by atoms with Gasteiger partial charge in [-0.1, -0.05) is 42.0 Å². The molecule has 9 heteroatoms. The number of aromatic nitrogens is 1. The number of carbonyl (C=O) groups is 3. The van der Waals surface area contributed by atoms with Gasteiger partial charge in [-0.3, -0.25) is 19.3 Å². The first-order valence-corrected chi connectivity index (χ1v) is 12.2. The van der Waals surface area contributed by atoms with E-state index in [-0.39, 0.29) is 30.6 Å². The number of anilines is 2. The van der Waals surface area contributed by atoms with Crippen LogP contribution in [0.25, 0.3) is 0 Å². The van der Waals surface area contributed by atoms with Crippen LogP contribution in [0.5, 0.6) is 0 Å². The van der Waals surface area contributed by atoms with Crippen molar-refractivity contribution in [3.8, 4) is 0 Å². The fourth-order valence-electron chi connectivity index (χ4n) is 3.56. The first-order valence-electron chi connectivity index (χ1n) is 11.3. The van der Waals surface area contributed by atoms with E-state index in [4.69, 9.17) is 4.74 Å². The standard InChI is InChI=1S/C26H30N4O4S/c1-18-7-9-20(10-8-18)24(25(33)27-13-15-34-3)30(21-6-4-5-19(2)17-21)23(32)12-11-22(31)29-26-28-14-16-35-26/h4-10,14,16-17,24H,11-13,15H2,1-3H3,(H,27,33)(H,28,29,31). The van der Waals surface area contributed by atoms with E-state index in [1.165, 1.54) is 16.2 Å². The summed E-state index contributed by atoms with van der Waals surface area (Å²) < 4.78 is 5.07. The predicted molar refractivity (Wildman–Crippen MR) is 137 cm³/mol. The van der Waals surface area contributed by atoms with Crippen molar-refractivity contribution in [1.29, 1.82) is 0 Å². The predicted octanol–water partition coefficient (Wildman–Crippen LogP) is 4.02. The third-order valence-electron chi connectivity index (χ3n) is 5.30.